The SMILES string of the molecule is O=C(Nc1ccc(-c2nc3cc(Cl)ccc3o2)c(Cl)c1)C1CC1. The van der Waals surface area contributed by atoms with Gasteiger partial charge >= 0.3 is 0 Å². The molecule has 1 amide bonds. The van der Waals surface area contributed by atoms with Gasteiger partial charge in [-0.1, -0.05) is 23.2 Å². The quantitative estimate of drug-likeness (QED) is 0.713. The van der Waals surface area contributed by atoms with E-state index in [9.17, 15) is 4.79 Å². The first-order chi connectivity index (χ1) is 11.1. The summed E-state index contributed by atoms with van der Waals surface area (Å²) in [4.78, 5) is 16.2. The molecule has 0 unspecified atom stereocenters. The number of fused-ring (bicyclic) bond motifs is 1. The summed E-state index contributed by atoms with van der Waals surface area (Å²) < 4.78 is 5.72. The minimum Gasteiger partial charge on any atom is -0.436 e. The summed E-state index contributed by atoms with van der Waals surface area (Å²) in [7, 11) is 0. The lowest BCUT2D eigenvalue weighted by molar-refractivity contribution is -0.117. The number of nitrogens with zero attached hydrogens (tertiary/aromatic N) is 1. The number of benzene rings is 2. The number of oxazole rings is 1. The predicted molar refractivity (Wildman–Crippen MR) is 90.8 cm³/mol. The molecule has 0 spiro atoms. The number of hydrogen-bond acceptors (Lipinski definition) is 3. The van der Waals surface area contributed by atoms with Crippen molar-refractivity contribution in [2.24, 2.45) is 5.92 Å². The normalized spacial score (nSPS) is 14.2. The highest BCUT2D eigenvalue weighted by molar-refractivity contribution is 6.33. The van der Waals surface area contributed by atoms with Crippen LogP contribution < -0.4 is 5.32 Å². The summed E-state index contributed by atoms with van der Waals surface area (Å²) >= 11 is 12.3. The summed E-state index contributed by atoms with van der Waals surface area (Å²) in [6.07, 6.45) is 1.92. The van der Waals surface area contributed by atoms with Gasteiger partial charge in [-0.15, -0.1) is 0 Å². The third-order valence-electron chi connectivity index (χ3n) is 3.76. The van der Waals surface area contributed by atoms with E-state index in [1.807, 2.05) is 0 Å². The molecule has 0 aliphatic heterocycles. The van der Waals surface area contributed by atoms with E-state index in [4.69, 9.17) is 27.6 Å². The van der Waals surface area contributed by atoms with E-state index in [0.717, 1.165) is 12.8 Å². The Bertz CT molecular complexity index is 916. The van der Waals surface area contributed by atoms with Gasteiger partial charge in [0.2, 0.25) is 11.8 Å². The molecule has 1 fully saturated rings. The lowest BCUT2D eigenvalue weighted by atomic mass is 10.2. The third kappa shape index (κ3) is 2.92. The summed E-state index contributed by atoms with van der Waals surface area (Å²) in [5.74, 6) is 0.618. The van der Waals surface area contributed by atoms with Crippen LogP contribution in [0.25, 0.3) is 22.6 Å². The van der Waals surface area contributed by atoms with Gasteiger partial charge in [-0.2, -0.15) is 0 Å². The fourth-order valence-corrected chi connectivity index (χ4v) is 2.80. The average Bonchev–Trinajstić information content (AvgIpc) is 3.28. The van der Waals surface area contributed by atoms with Gasteiger partial charge in [0, 0.05) is 16.6 Å². The second kappa shape index (κ2) is 5.55. The van der Waals surface area contributed by atoms with Gasteiger partial charge in [-0.05, 0) is 49.2 Å². The van der Waals surface area contributed by atoms with Gasteiger partial charge in [0.05, 0.1) is 10.6 Å². The third-order valence-corrected chi connectivity index (χ3v) is 4.31. The monoisotopic (exact) mass is 346 g/mol. The first-order valence-corrected chi connectivity index (χ1v) is 8.02. The Kier molecular flexibility index (Phi) is 3.51. The number of hydrogen-bond donors (Lipinski definition) is 1. The van der Waals surface area contributed by atoms with Gasteiger partial charge in [-0.25, -0.2) is 4.98 Å². The summed E-state index contributed by atoms with van der Waals surface area (Å²) in [6.45, 7) is 0. The van der Waals surface area contributed by atoms with Crippen LogP contribution in [-0.4, -0.2) is 10.9 Å². The maximum absolute atomic E-state index is 11.8. The van der Waals surface area contributed by atoms with Crippen LogP contribution in [0.4, 0.5) is 5.69 Å². The van der Waals surface area contributed by atoms with Crippen LogP contribution in [0.15, 0.2) is 40.8 Å². The van der Waals surface area contributed by atoms with E-state index >= 15 is 0 Å². The smallest absolute Gasteiger partial charge is 0.228 e. The Balaban J connectivity index is 1.65. The van der Waals surface area contributed by atoms with Crippen molar-refractivity contribution in [2.75, 3.05) is 5.32 Å². The fraction of sp³-hybridized carbons (Fsp3) is 0.176. The van der Waals surface area contributed by atoms with E-state index in [1.165, 1.54) is 0 Å². The second-order valence-electron chi connectivity index (χ2n) is 5.59. The maximum atomic E-state index is 11.8. The van der Waals surface area contributed by atoms with E-state index in [-0.39, 0.29) is 11.8 Å². The van der Waals surface area contributed by atoms with Crippen molar-refractivity contribution in [1.82, 2.24) is 4.98 Å². The zero-order chi connectivity index (χ0) is 16.0. The van der Waals surface area contributed by atoms with Crippen molar-refractivity contribution >= 4 is 45.9 Å². The van der Waals surface area contributed by atoms with Crippen molar-refractivity contribution in [3.8, 4) is 11.5 Å². The summed E-state index contributed by atoms with van der Waals surface area (Å²) in [5.41, 5.74) is 2.67. The van der Waals surface area contributed by atoms with Gasteiger partial charge < -0.3 is 9.73 Å². The molecule has 4 rings (SSSR count). The average molecular weight is 347 g/mol. The number of carbonyl (C=O) groups is 1. The van der Waals surface area contributed by atoms with Crippen LogP contribution in [0.1, 0.15) is 12.8 Å². The molecule has 1 N–H and O–H groups in total. The largest absolute Gasteiger partial charge is 0.436 e. The number of aromatic nitrogens is 1. The lowest BCUT2D eigenvalue weighted by Crippen LogP contribution is -2.13. The standard InChI is InChI=1S/C17H12Cl2N2O2/c18-10-3-6-15-14(7-10)21-17(23-15)12-5-4-11(8-13(12)19)20-16(22)9-1-2-9/h3-9H,1-2H2,(H,20,22). The van der Waals surface area contributed by atoms with Crippen LogP contribution in [0.3, 0.4) is 0 Å². The lowest BCUT2D eigenvalue weighted by Gasteiger charge is -2.06. The highest BCUT2D eigenvalue weighted by Crippen LogP contribution is 2.34. The highest BCUT2D eigenvalue weighted by atomic mass is 35.5. The first kappa shape index (κ1) is 14.5. The Morgan fingerprint density at radius 2 is 2.00 bits per heavy atom. The van der Waals surface area contributed by atoms with Crippen LogP contribution in [0.5, 0.6) is 0 Å². The van der Waals surface area contributed by atoms with Crippen molar-refractivity contribution in [3.63, 3.8) is 0 Å². The van der Waals surface area contributed by atoms with Gasteiger partial charge in [0.25, 0.3) is 0 Å². The van der Waals surface area contributed by atoms with Gasteiger partial charge in [0.15, 0.2) is 5.58 Å². The Morgan fingerprint density at radius 1 is 1.17 bits per heavy atom. The Morgan fingerprint density at radius 3 is 2.74 bits per heavy atom. The molecule has 2 aromatic carbocycles. The molecule has 1 saturated carbocycles. The van der Waals surface area contributed by atoms with Crippen LogP contribution in [-0.2, 0) is 4.79 Å². The van der Waals surface area contributed by atoms with Gasteiger partial charge in [-0.3, -0.25) is 4.79 Å². The number of anilines is 1. The molecule has 3 aromatic rings. The number of rotatable bonds is 3. The van der Waals surface area contributed by atoms with E-state index < -0.39 is 0 Å². The zero-order valence-corrected chi connectivity index (χ0v) is 13.5. The van der Waals surface area contributed by atoms with E-state index in [2.05, 4.69) is 10.3 Å². The molecule has 1 aromatic heterocycles. The van der Waals surface area contributed by atoms with Crippen molar-refractivity contribution in [2.45, 2.75) is 12.8 Å². The van der Waals surface area contributed by atoms with E-state index in [1.54, 1.807) is 36.4 Å². The topological polar surface area (TPSA) is 55.1 Å². The molecule has 0 bridgehead atoms. The Labute approximate surface area is 142 Å². The molecule has 6 heteroatoms. The first-order valence-electron chi connectivity index (χ1n) is 7.27. The zero-order valence-electron chi connectivity index (χ0n) is 12.0. The van der Waals surface area contributed by atoms with Crippen molar-refractivity contribution < 1.29 is 9.21 Å². The van der Waals surface area contributed by atoms with Gasteiger partial charge in [0.1, 0.15) is 5.52 Å². The number of carbonyl (C=O) groups excluding carboxylic acids is 1. The van der Waals surface area contributed by atoms with Crippen molar-refractivity contribution in [3.05, 3.63) is 46.4 Å². The highest BCUT2D eigenvalue weighted by Gasteiger charge is 2.29. The van der Waals surface area contributed by atoms with Crippen LogP contribution in [0.2, 0.25) is 10.0 Å². The molecule has 23 heavy (non-hydrogen) atoms. The minimum atomic E-state index is 0.0466. The molecule has 0 saturated heterocycles. The molecule has 116 valence electrons. The molecule has 1 heterocycles. The van der Waals surface area contributed by atoms with Crippen LogP contribution >= 0.6 is 23.2 Å². The number of halogens is 2. The summed E-state index contributed by atoms with van der Waals surface area (Å²) in [6, 6.07) is 10.5. The predicted octanol–water partition coefficient (Wildman–Crippen LogP) is 5.15. The molecule has 0 atom stereocenters. The van der Waals surface area contributed by atoms with E-state index in [0.29, 0.717) is 38.3 Å². The molecule has 4 nitrogen and oxygen atoms in total. The molecule has 1 aliphatic rings. The van der Waals surface area contributed by atoms with Crippen LogP contribution in [0, 0.1) is 5.92 Å². The number of nitrogens with one attached hydrogen (secondary N) is 1. The molecular formula is C17H12Cl2N2O2. The second-order valence-corrected chi connectivity index (χ2v) is 6.43. The fourth-order valence-electron chi connectivity index (χ4n) is 2.37. The maximum Gasteiger partial charge on any atom is 0.228 e. The molecule has 1 aliphatic carbocycles. The molecular weight excluding hydrogens is 335 g/mol. The van der Waals surface area contributed by atoms with Crippen molar-refractivity contribution in [1.29, 1.82) is 0 Å². The minimum absolute atomic E-state index is 0.0466. The summed E-state index contributed by atoms with van der Waals surface area (Å²) in [5, 5.41) is 3.93. The Hall–Kier alpha value is -2.04. The number of amides is 1. The molecule has 0 radical (unpaired) electrons.